The molecule has 0 unspecified atom stereocenters. The summed E-state index contributed by atoms with van der Waals surface area (Å²) in [5, 5.41) is 0. The molecule has 0 saturated heterocycles. The molecule has 5 nitrogen and oxygen atoms in total. The number of para-hydroxylation sites is 1. The fraction of sp³-hybridized carbons (Fsp3) is 0.333. The Kier molecular flexibility index (Phi) is 4.66. The van der Waals surface area contributed by atoms with Gasteiger partial charge in [-0.2, -0.15) is 0 Å². The molecular weight excluding hydrogens is 220 g/mol. The minimum atomic E-state index is -0.667. The van der Waals surface area contributed by atoms with Crippen LogP contribution >= 0.6 is 0 Å². The fourth-order valence-corrected chi connectivity index (χ4v) is 1.34. The van der Waals surface area contributed by atoms with Crippen LogP contribution in [-0.4, -0.2) is 31.6 Å². The molecule has 5 heteroatoms. The molecule has 0 bridgehead atoms. The van der Waals surface area contributed by atoms with E-state index in [9.17, 15) is 9.59 Å². The lowest BCUT2D eigenvalue weighted by Crippen LogP contribution is -2.44. The number of hydrogen-bond donors (Lipinski definition) is 1. The second kappa shape index (κ2) is 6.00. The molecule has 17 heavy (non-hydrogen) atoms. The van der Waals surface area contributed by atoms with Crippen LogP contribution in [-0.2, 0) is 14.3 Å². The van der Waals surface area contributed by atoms with Crippen LogP contribution in [0.4, 0.5) is 5.69 Å². The number of nitrogens with zero attached hydrogens (tertiary/aromatic N) is 1. The molecule has 0 aliphatic carbocycles. The zero-order valence-corrected chi connectivity index (χ0v) is 9.92. The minimum absolute atomic E-state index is 0.138. The summed E-state index contributed by atoms with van der Waals surface area (Å²) >= 11 is 0. The van der Waals surface area contributed by atoms with Gasteiger partial charge in [0.1, 0.15) is 6.54 Å². The van der Waals surface area contributed by atoms with Crippen molar-refractivity contribution in [2.45, 2.75) is 13.0 Å². The van der Waals surface area contributed by atoms with Crippen LogP contribution in [0, 0.1) is 0 Å². The lowest BCUT2D eigenvalue weighted by atomic mass is 10.2. The van der Waals surface area contributed by atoms with Gasteiger partial charge in [0.15, 0.2) is 0 Å². The van der Waals surface area contributed by atoms with Gasteiger partial charge >= 0.3 is 5.97 Å². The molecule has 1 rings (SSSR count). The Labute approximate surface area is 100 Å². The smallest absolute Gasteiger partial charge is 0.325 e. The van der Waals surface area contributed by atoms with Crippen molar-refractivity contribution in [2.24, 2.45) is 5.73 Å². The molecule has 1 aromatic carbocycles. The molecule has 1 aromatic rings. The number of carbonyl (C=O) groups is 2. The van der Waals surface area contributed by atoms with Crippen molar-refractivity contribution in [1.82, 2.24) is 0 Å². The first-order valence-electron chi connectivity index (χ1n) is 5.25. The summed E-state index contributed by atoms with van der Waals surface area (Å²) in [5.41, 5.74) is 6.17. The van der Waals surface area contributed by atoms with Gasteiger partial charge in [-0.05, 0) is 19.1 Å². The second-order valence-electron chi connectivity index (χ2n) is 3.62. The number of rotatable bonds is 4. The van der Waals surface area contributed by atoms with Crippen molar-refractivity contribution in [3.05, 3.63) is 30.3 Å². The van der Waals surface area contributed by atoms with E-state index >= 15 is 0 Å². The maximum Gasteiger partial charge on any atom is 0.325 e. The lowest BCUT2D eigenvalue weighted by Gasteiger charge is -2.23. The molecule has 1 amide bonds. The van der Waals surface area contributed by atoms with Crippen molar-refractivity contribution in [1.29, 1.82) is 0 Å². The first-order valence-corrected chi connectivity index (χ1v) is 5.25. The van der Waals surface area contributed by atoms with Gasteiger partial charge in [0.25, 0.3) is 0 Å². The molecule has 0 aliphatic heterocycles. The predicted octanol–water partition coefficient (Wildman–Crippen LogP) is 0.540. The largest absolute Gasteiger partial charge is 0.468 e. The van der Waals surface area contributed by atoms with Crippen LogP contribution in [0.3, 0.4) is 0 Å². The third-order valence-electron chi connectivity index (χ3n) is 2.24. The van der Waals surface area contributed by atoms with Crippen LogP contribution in [0.5, 0.6) is 0 Å². The van der Waals surface area contributed by atoms with Crippen molar-refractivity contribution >= 4 is 17.6 Å². The predicted molar refractivity (Wildman–Crippen MR) is 64.5 cm³/mol. The van der Waals surface area contributed by atoms with Crippen LogP contribution < -0.4 is 10.6 Å². The normalized spacial score (nSPS) is 11.7. The van der Waals surface area contributed by atoms with Gasteiger partial charge in [-0.3, -0.25) is 14.5 Å². The summed E-state index contributed by atoms with van der Waals surface area (Å²) in [6.45, 7) is 1.44. The Bertz CT molecular complexity index is 390. The molecule has 0 aromatic heterocycles. The average Bonchev–Trinajstić information content (AvgIpc) is 2.35. The summed E-state index contributed by atoms with van der Waals surface area (Å²) < 4.78 is 4.56. The van der Waals surface area contributed by atoms with E-state index in [0.29, 0.717) is 5.69 Å². The van der Waals surface area contributed by atoms with E-state index in [1.165, 1.54) is 12.0 Å². The summed E-state index contributed by atoms with van der Waals surface area (Å²) in [6, 6.07) is 8.21. The van der Waals surface area contributed by atoms with Crippen molar-refractivity contribution < 1.29 is 14.3 Å². The van der Waals surface area contributed by atoms with Crippen LogP contribution in [0.25, 0.3) is 0 Å². The van der Waals surface area contributed by atoms with E-state index in [4.69, 9.17) is 5.73 Å². The van der Waals surface area contributed by atoms with Crippen molar-refractivity contribution in [2.75, 3.05) is 18.6 Å². The Morgan fingerprint density at radius 1 is 1.35 bits per heavy atom. The highest BCUT2D eigenvalue weighted by atomic mass is 16.5. The monoisotopic (exact) mass is 236 g/mol. The molecule has 0 aliphatic rings. The standard InChI is InChI=1S/C12H16N2O3/c1-9(13)12(16)14(8-11(15)17-2)10-6-4-3-5-7-10/h3-7,9H,8,13H2,1-2H3/t9-/m0/s1. The first-order chi connectivity index (χ1) is 8.06. The highest BCUT2D eigenvalue weighted by Gasteiger charge is 2.21. The molecule has 0 spiro atoms. The Morgan fingerprint density at radius 3 is 2.41 bits per heavy atom. The fourth-order valence-electron chi connectivity index (χ4n) is 1.34. The summed E-state index contributed by atoms with van der Waals surface area (Å²) in [7, 11) is 1.28. The first kappa shape index (κ1) is 13.2. The maximum atomic E-state index is 11.9. The average molecular weight is 236 g/mol. The van der Waals surface area contributed by atoms with E-state index < -0.39 is 12.0 Å². The third-order valence-corrected chi connectivity index (χ3v) is 2.24. The summed E-state index contributed by atoms with van der Waals surface area (Å²) in [4.78, 5) is 24.5. The Balaban J connectivity index is 2.94. The van der Waals surface area contributed by atoms with E-state index in [1.54, 1.807) is 31.2 Å². The highest BCUT2D eigenvalue weighted by molar-refractivity contribution is 6.00. The number of esters is 1. The number of nitrogens with two attached hydrogens (primary N) is 1. The van der Waals surface area contributed by atoms with Gasteiger partial charge in [0, 0.05) is 5.69 Å². The zero-order valence-electron chi connectivity index (χ0n) is 9.92. The molecule has 0 saturated carbocycles. The van der Waals surface area contributed by atoms with Gasteiger partial charge < -0.3 is 10.5 Å². The van der Waals surface area contributed by atoms with Crippen LogP contribution in [0.2, 0.25) is 0 Å². The van der Waals surface area contributed by atoms with E-state index in [-0.39, 0.29) is 12.5 Å². The van der Waals surface area contributed by atoms with Gasteiger partial charge in [0.2, 0.25) is 5.91 Å². The Hall–Kier alpha value is -1.88. The highest BCUT2D eigenvalue weighted by Crippen LogP contribution is 2.14. The number of methoxy groups -OCH3 is 1. The number of anilines is 1. The molecule has 0 heterocycles. The number of carbonyl (C=O) groups excluding carboxylic acids is 2. The number of hydrogen-bond acceptors (Lipinski definition) is 4. The Morgan fingerprint density at radius 2 is 1.94 bits per heavy atom. The lowest BCUT2D eigenvalue weighted by molar-refractivity contribution is -0.140. The summed E-state index contributed by atoms with van der Waals surface area (Å²) in [5.74, 6) is -0.801. The van der Waals surface area contributed by atoms with Crippen molar-refractivity contribution in [3.63, 3.8) is 0 Å². The van der Waals surface area contributed by atoms with Gasteiger partial charge in [-0.25, -0.2) is 0 Å². The van der Waals surface area contributed by atoms with Crippen LogP contribution in [0.15, 0.2) is 30.3 Å². The number of amides is 1. The molecular formula is C12H16N2O3. The SMILES string of the molecule is COC(=O)CN(C(=O)[C@H](C)N)c1ccccc1. The number of ether oxygens (including phenoxy) is 1. The third kappa shape index (κ3) is 3.57. The van der Waals surface area contributed by atoms with Crippen LogP contribution in [0.1, 0.15) is 6.92 Å². The molecule has 2 N–H and O–H groups in total. The second-order valence-corrected chi connectivity index (χ2v) is 3.62. The molecule has 0 radical (unpaired) electrons. The quantitative estimate of drug-likeness (QED) is 0.774. The topological polar surface area (TPSA) is 72.6 Å². The van der Waals surface area contributed by atoms with Gasteiger partial charge in [-0.15, -0.1) is 0 Å². The van der Waals surface area contributed by atoms with E-state index in [2.05, 4.69) is 4.74 Å². The molecule has 0 fully saturated rings. The minimum Gasteiger partial charge on any atom is -0.468 e. The zero-order chi connectivity index (χ0) is 12.8. The maximum absolute atomic E-state index is 11.9. The van der Waals surface area contributed by atoms with E-state index in [0.717, 1.165) is 0 Å². The molecule has 1 atom stereocenters. The van der Waals surface area contributed by atoms with Gasteiger partial charge in [0.05, 0.1) is 13.2 Å². The van der Waals surface area contributed by atoms with Crippen molar-refractivity contribution in [3.8, 4) is 0 Å². The molecule has 92 valence electrons. The summed E-state index contributed by atoms with van der Waals surface area (Å²) in [6.07, 6.45) is 0. The van der Waals surface area contributed by atoms with E-state index in [1.807, 2.05) is 6.07 Å². The van der Waals surface area contributed by atoms with Gasteiger partial charge in [-0.1, -0.05) is 18.2 Å². The number of benzene rings is 1.